The SMILES string of the molecule is CCc1cccc(C)c1NC(=O)c1nc(C(=O)NCCN(C)C)c2ccccn12. The molecule has 7 nitrogen and oxygen atoms in total. The van der Waals surface area contributed by atoms with Gasteiger partial charge in [0.15, 0.2) is 5.69 Å². The number of nitrogens with one attached hydrogen (secondary N) is 2. The zero-order valence-electron chi connectivity index (χ0n) is 17.3. The molecular formula is C22H27N5O2. The van der Waals surface area contributed by atoms with Gasteiger partial charge >= 0.3 is 0 Å². The van der Waals surface area contributed by atoms with Crippen LogP contribution >= 0.6 is 0 Å². The van der Waals surface area contributed by atoms with E-state index < -0.39 is 0 Å². The minimum Gasteiger partial charge on any atom is -0.349 e. The van der Waals surface area contributed by atoms with E-state index in [0.29, 0.717) is 12.1 Å². The number of carbonyl (C=O) groups excluding carboxylic acids is 2. The number of imidazole rings is 1. The minimum atomic E-state index is -0.345. The fraction of sp³-hybridized carbons (Fsp3) is 0.318. The van der Waals surface area contributed by atoms with Gasteiger partial charge in [0.2, 0.25) is 5.82 Å². The molecule has 2 amide bonds. The summed E-state index contributed by atoms with van der Waals surface area (Å²) in [6.45, 7) is 5.23. The maximum atomic E-state index is 13.1. The molecule has 2 N–H and O–H groups in total. The van der Waals surface area contributed by atoms with E-state index in [-0.39, 0.29) is 23.3 Å². The molecule has 3 aromatic rings. The monoisotopic (exact) mass is 393 g/mol. The van der Waals surface area contributed by atoms with Crippen LogP contribution in [0.3, 0.4) is 0 Å². The number of amides is 2. The van der Waals surface area contributed by atoms with Crippen LogP contribution in [0.2, 0.25) is 0 Å². The van der Waals surface area contributed by atoms with Crippen molar-refractivity contribution >= 4 is 23.0 Å². The van der Waals surface area contributed by atoms with Crippen molar-refractivity contribution in [2.45, 2.75) is 20.3 Å². The maximum Gasteiger partial charge on any atom is 0.292 e. The number of carbonyl (C=O) groups is 2. The van der Waals surface area contributed by atoms with Gasteiger partial charge in [-0.05, 0) is 50.7 Å². The molecule has 1 aromatic carbocycles. The van der Waals surface area contributed by atoms with E-state index >= 15 is 0 Å². The van der Waals surface area contributed by atoms with Gasteiger partial charge in [0, 0.05) is 25.0 Å². The van der Waals surface area contributed by atoms with E-state index in [1.165, 1.54) is 0 Å². The summed E-state index contributed by atoms with van der Waals surface area (Å²) in [5, 5.41) is 5.85. The van der Waals surface area contributed by atoms with E-state index in [9.17, 15) is 9.59 Å². The number of pyridine rings is 1. The normalized spacial score (nSPS) is 11.1. The number of nitrogens with zero attached hydrogens (tertiary/aromatic N) is 3. The summed E-state index contributed by atoms with van der Waals surface area (Å²) in [5.74, 6) is -0.453. The zero-order chi connectivity index (χ0) is 21.0. The molecule has 7 heteroatoms. The number of aromatic nitrogens is 2. The predicted octanol–water partition coefficient (Wildman–Crippen LogP) is 2.75. The lowest BCUT2D eigenvalue weighted by atomic mass is 10.1. The molecule has 2 heterocycles. The summed E-state index contributed by atoms with van der Waals surface area (Å²) in [4.78, 5) is 32.1. The van der Waals surface area contributed by atoms with Crippen molar-refractivity contribution in [3.05, 3.63) is 65.2 Å². The van der Waals surface area contributed by atoms with Gasteiger partial charge in [0.05, 0.1) is 5.52 Å². The Labute approximate surface area is 170 Å². The Balaban J connectivity index is 1.92. The quantitative estimate of drug-likeness (QED) is 0.647. The van der Waals surface area contributed by atoms with Crippen molar-refractivity contribution in [3.63, 3.8) is 0 Å². The van der Waals surface area contributed by atoms with Crippen molar-refractivity contribution in [2.24, 2.45) is 0 Å². The molecule has 0 aliphatic rings. The topological polar surface area (TPSA) is 78.7 Å². The van der Waals surface area contributed by atoms with Gasteiger partial charge in [-0.2, -0.15) is 0 Å². The van der Waals surface area contributed by atoms with Gasteiger partial charge in [0.25, 0.3) is 11.8 Å². The largest absolute Gasteiger partial charge is 0.349 e. The first-order valence-corrected chi connectivity index (χ1v) is 9.72. The smallest absolute Gasteiger partial charge is 0.292 e. The lowest BCUT2D eigenvalue weighted by Crippen LogP contribution is -2.31. The molecule has 0 atom stereocenters. The predicted molar refractivity (Wildman–Crippen MR) is 115 cm³/mol. The Morgan fingerprint density at radius 2 is 1.90 bits per heavy atom. The number of fused-ring (bicyclic) bond motifs is 1. The van der Waals surface area contributed by atoms with Crippen LogP contribution in [-0.4, -0.2) is 53.3 Å². The second-order valence-corrected chi connectivity index (χ2v) is 7.22. The number of likely N-dealkylation sites (N-methyl/N-ethyl adjacent to an activating group) is 1. The molecule has 0 radical (unpaired) electrons. The number of aryl methyl sites for hydroxylation is 2. The van der Waals surface area contributed by atoms with Crippen molar-refractivity contribution in [1.29, 1.82) is 0 Å². The van der Waals surface area contributed by atoms with Gasteiger partial charge in [-0.15, -0.1) is 0 Å². The summed E-state index contributed by atoms with van der Waals surface area (Å²) in [6, 6.07) is 11.4. The average molecular weight is 393 g/mol. The second kappa shape index (κ2) is 8.87. The second-order valence-electron chi connectivity index (χ2n) is 7.22. The van der Waals surface area contributed by atoms with E-state index in [4.69, 9.17) is 0 Å². The number of hydrogen-bond donors (Lipinski definition) is 2. The van der Waals surface area contributed by atoms with Crippen molar-refractivity contribution < 1.29 is 9.59 Å². The van der Waals surface area contributed by atoms with E-state index in [1.54, 1.807) is 16.7 Å². The standard InChI is InChI=1S/C22H27N5O2/c1-5-16-10-8-9-15(2)18(16)25-22(29)20-24-19(17-11-6-7-13-27(17)20)21(28)23-12-14-26(3)4/h6-11,13H,5,12,14H2,1-4H3,(H,23,28)(H,25,29). The van der Waals surface area contributed by atoms with Crippen LogP contribution in [0.1, 0.15) is 39.2 Å². The molecule has 0 saturated heterocycles. The number of para-hydroxylation sites is 1. The molecule has 0 bridgehead atoms. The highest BCUT2D eigenvalue weighted by Crippen LogP contribution is 2.22. The van der Waals surface area contributed by atoms with Crippen molar-refractivity contribution in [1.82, 2.24) is 19.6 Å². The number of benzene rings is 1. The van der Waals surface area contributed by atoms with E-state index in [2.05, 4.69) is 15.6 Å². The van der Waals surface area contributed by atoms with Crippen LogP contribution in [0.5, 0.6) is 0 Å². The molecule has 0 aliphatic carbocycles. The highest BCUT2D eigenvalue weighted by Gasteiger charge is 2.22. The van der Waals surface area contributed by atoms with Crippen molar-refractivity contribution in [2.75, 3.05) is 32.5 Å². The molecule has 0 aliphatic heterocycles. The molecular weight excluding hydrogens is 366 g/mol. The van der Waals surface area contributed by atoms with Crippen LogP contribution < -0.4 is 10.6 Å². The molecule has 0 saturated carbocycles. The first kappa shape index (κ1) is 20.5. The minimum absolute atomic E-state index is 0.184. The fourth-order valence-corrected chi connectivity index (χ4v) is 3.21. The Bertz CT molecular complexity index is 1040. The van der Waals surface area contributed by atoms with Gasteiger partial charge in [-0.1, -0.05) is 31.2 Å². The lowest BCUT2D eigenvalue weighted by Gasteiger charge is -2.12. The van der Waals surface area contributed by atoms with Crippen LogP contribution in [0, 0.1) is 6.92 Å². The first-order chi connectivity index (χ1) is 13.9. The first-order valence-electron chi connectivity index (χ1n) is 9.72. The third kappa shape index (κ3) is 4.46. The Morgan fingerprint density at radius 3 is 2.62 bits per heavy atom. The van der Waals surface area contributed by atoms with Gasteiger partial charge in [0.1, 0.15) is 0 Å². The average Bonchev–Trinajstić information content (AvgIpc) is 3.09. The highest BCUT2D eigenvalue weighted by atomic mass is 16.2. The molecule has 0 unspecified atom stereocenters. The van der Waals surface area contributed by atoms with E-state index in [1.807, 2.05) is 63.2 Å². The van der Waals surface area contributed by atoms with Crippen LogP contribution in [0.15, 0.2) is 42.6 Å². The molecule has 2 aromatic heterocycles. The lowest BCUT2D eigenvalue weighted by molar-refractivity contribution is 0.0948. The van der Waals surface area contributed by atoms with Crippen LogP contribution in [0.25, 0.3) is 5.52 Å². The summed E-state index contributed by atoms with van der Waals surface area (Å²) in [7, 11) is 3.88. The molecule has 0 spiro atoms. The third-order valence-electron chi connectivity index (χ3n) is 4.79. The fourth-order valence-electron chi connectivity index (χ4n) is 3.21. The van der Waals surface area contributed by atoms with Gasteiger partial charge in [-0.3, -0.25) is 14.0 Å². The van der Waals surface area contributed by atoms with Crippen LogP contribution in [-0.2, 0) is 6.42 Å². The maximum absolute atomic E-state index is 13.1. The molecule has 29 heavy (non-hydrogen) atoms. The number of anilines is 1. The highest BCUT2D eigenvalue weighted by molar-refractivity contribution is 6.06. The Hall–Kier alpha value is -3.19. The Kier molecular flexibility index (Phi) is 6.29. The number of rotatable bonds is 7. The van der Waals surface area contributed by atoms with Gasteiger partial charge < -0.3 is 15.5 Å². The Morgan fingerprint density at radius 1 is 1.10 bits per heavy atom. The van der Waals surface area contributed by atoms with Gasteiger partial charge in [-0.25, -0.2) is 4.98 Å². The number of hydrogen-bond acceptors (Lipinski definition) is 4. The zero-order valence-corrected chi connectivity index (χ0v) is 17.3. The van der Waals surface area contributed by atoms with E-state index in [0.717, 1.165) is 29.8 Å². The van der Waals surface area contributed by atoms with Crippen molar-refractivity contribution in [3.8, 4) is 0 Å². The molecule has 3 rings (SSSR count). The summed E-state index contributed by atoms with van der Waals surface area (Å²) in [6.07, 6.45) is 2.55. The summed E-state index contributed by atoms with van der Waals surface area (Å²) < 4.78 is 1.65. The van der Waals surface area contributed by atoms with Crippen LogP contribution in [0.4, 0.5) is 5.69 Å². The summed E-state index contributed by atoms with van der Waals surface area (Å²) >= 11 is 0. The third-order valence-corrected chi connectivity index (χ3v) is 4.79. The summed E-state index contributed by atoms with van der Waals surface area (Å²) in [5.41, 5.74) is 3.68. The molecule has 0 fully saturated rings. The molecule has 152 valence electrons.